The monoisotopic (exact) mass is 433 g/mol. The normalized spacial score (nSPS) is 19.9. The van der Waals surface area contributed by atoms with E-state index in [1.165, 1.54) is 24.2 Å². The summed E-state index contributed by atoms with van der Waals surface area (Å²) in [6, 6.07) is 7.31. The number of amides is 3. The average molecular weight is 434 g/mol. The van der Waals surface area contributed by atoms with E-state index in [4.69, 9.17) is 11.6 Å². The van der Waals surface area contributed by atoms with Crippen LogP contribution in [-0.4, -0.2) is 46.2 Å². The first-order chi connectivity index (χ1) is 14.1. The van der Waals surface area contributed by atoms with E-state index >= 15 is 0 Å². The molecule has 1 atom stereocenters. The predicted octanol–water partition coefficient (Wildman–Crippen LogP) is 4.28. The van der Waals surface area contributed by atoms with Crippen LogP contribution in [0.25, 0.3) is 0 Å². The van der Waals surface area contributed by atoms with Crippen LogP contribution in [0.1, 0.15) is 59.3 Å². The molecule has 154 valence electrons. The number of rotatable bonds is 4. The lowest BCUT2D eigenvalue weighted by Crippen LogP contribution is -2.47. The molecule has 9 heteroatoms. The Labute approximate surface area is 178 Å². The van der Waals surface area contributed by atoms with Gasteiger partial charge in [0.25, 0.3) is 5.91 Å². The molecule has 29 heavy (non-hydrogen) atoms. The molecule has 2 heterocycles. The quantitative estimate of drug-likeness (QED) is 0.753. The van der Waals surface area contributed by atoms with Gasteiger partial charge in [-0.3, -0.25) is 4.79 Å². The molecule has 0 unspecified atom stereocenters. The zero-order valence-electron chi connectivity index (χ0n) is 16.1. The van der Waals surface area contributed by atoms with Crippen LogP contribution >= 0.6 is 22.9 Å². The lowest BCUT2D eigenvalue weighted by molar-refractivity contribution is 0.102. The number of carbonyl (C=O) groups is 2. The zero-order chi connectivity index (χ0) is 20.2. The van der Waals surface area contributed by atoms with Crippen molar-refractivity contribution in [1.82, 2.24) is 20.4 Å². The van der Waals surface area contributed by atoms with Crippen molar-refractivity contribution in [2.75, 3.05) is 18.4 Å². The van der Waals surface area contributed by atoms with Gasteiger partial charge in [0.1, 0.15) is 5.01 Å². The number of piperidine rings is 1. The van der Waals surface area contributed by atoms with Crippen molar-refractivity contribution in [1.29, 1.82) is 0 Å². The summed E-state index contributed by atoms with van der Waals surface area (Å²) >= 11 is 7.25. The number of urea groups is 1. The molecule has 2 aliphatic rings. The second kappa shape index (κ2) is 9.09. The van der Waals surface area contributed by atoms with Crippen LogP contribution in [0, 0.1) is 0 Å². The Morgan fingerprint density at radius 1 is 1.14 bits per heavy atom. The summed E-state index contributed by atoms with van der Waals surface area (Å²) in [5.74, 6) is -0.189. The number of likely N-dealkylation sites (tertiary alicyclic amines) is 1. The first-order valence-corrected chi connectivity index (χ1v) is 11.2. The standard InChI is InChI=1S/C20H24ClN5O2S/c21-14-6-3-9-16(11-14)22-17(27)19-25-24-18(29-19)13-5-4-10-26(12-13)20(28)23-15-7-1-2-8-15/h3,6,9,11,13,15H,1-2,4-5,7-8,10,12H2,(H,22,27)(H,23,28)/t13-/m1/s1. The van der Waals surface area contributed by atoms with Crippen molar-refractivity contribution < 1.29 is 9.59 Å². The van der Waals surface area contributed by atoms with Gasteiger partial charge in [-0.2, -0.15) is 0 Å². The molecule has 0 radical (unpaired) electrons. The van der Waals surface area contributed by atoms with Crippen molar-refractivity contribution in [2.45, 2.75) is 50.5 Å². The summed E-state index contributed by atoms with van der Waals surface area (Å²) in [4.78, 5) is 26.9. The van der Waals surface area contributed by atoms with Crippen LogP contribution in [0.3, 0.4) is 0 Å². The Balaban J connectivity index is 1.36. The second-order valence-electron chi connectivity index (χ2n) is 7.63. The number of benzene rings is 1. The van der Waals surface area contributed by atoms with E-state index in [2.05, 4.69) is 20.8 Å². The van der Waals surface area contributed by atoms with E-state index in [1.807, 2.05) is 4.90 Å². The van der Waals surface area contributed by atoms with Crippen molar-refractivity contribution in [3.8, 4) is 0 Å². The summed E-state index contributed by atoms with van der Waals surface area (Å²) in [5.41, 5.74) is 0.617. The number of aromatic nitrogens is 2. The summed E-state index contributed by atoms with van der Waals surface area (Å²) < 4.78 is 0. The maximum atomic E-state index is 12.6. The van der Waals surface area contributed by atoms with Crippen LogP contribution in [0.15, 0.2) is 24.3 Å². The topological polar surface area (TPSA) is 87.2 Å². The molecular formula is C20H24ClN5O2S. The highest BCUT2D eigenvalue weighted by molar-refractivity contribution is 7.13. The number of hydrogen-bond donors (Lipinski definition) is 2. The Morgan fingerprint density at radius 3 is 2.76 bits per heavy atom. The van der Waals surface area contributed by atoms with Crippen LogP contribution in [0.2, 0.25) is 5.02 Å². The third-order valence-electron chi connectivity index (χ3n) is 5.46. The Bertz CT molecular complexity index is 883. The molecule has 2 fully saturated rings. The predicted molar refractivity (Wildman–Crippen MR) is 114 cm³/mol. The molecule has 0 bridgehead atoms. The van der Waals surface area contributed by atoms with Crippen molar-refractivity contribution in [3.05, 3.63) is 39.3 Å². The molecule has 1 saturated carbocycles. The molecule has 4 rings (SSSR count). The highest BCUT2D eigenvalue weighted by atomic mass is 35.5. The number of nitrogens with zero attached hydrogens (tertiary/aromatic N) is 3. The first kappa shape index (κ1) is 20.1. The highest BCUT2D eigenvalue weighted by Crippen LogP contribution is 2.30. The van der Waals surface area contributed by atoms with Gasteiger partial charge in [0.2, 0.25) is 5.01 Å². The number of carbonyl (C=O) groups excluding carboxylic acids is 2. The van der Waals surface area contributed by atoms with Crippen molar-refractivity contribution >= 4 is 40.6 Å². The number of halogens is 1. The second-order valence-corrected chi connectivity index (χ2v) is 9.07. The van der Waals surface area contributed by atoms with Gasteiger partial charge in [0.15, 0.2) is 0 Å². The first-order valence-electron chi connectivity index (χ1n) is 10.0. The molecule has 2 N–H and O–H groups in total. The van der Waals surface area contributed by atoms with Gasteiger partial charge >= 0.3 is 6.03 Å². The van der Waals surface area contributed by atoms with E-state index in [1.54, 1.807) is 24.3 Å². The molecule has 7 nitrogen and oxygen atoms in total. The van der Waals surface area contributed by atoms with Crippen LogP contribution in [0.4, 0.5) is 10.5 Å². The van der Waals surface area contributed by atoms with Gasteiger partial charge in [0.05, 0.1) is 0 Å². The molecule has 1 aromatic carbocycles. The van der Waals surface area contributed by atoms with E-state index in [9.17, 15) is 9.59 Å². The van der Waals surface area contributed by atoms with Crippen molar-refractivity contribution in [2.24, 2.45) is 0 Å². The minimum Gasteiger partial charge on any atom is -0.335 e. The van der Waals surface area contributed by atoms with Gasteiger partial charge < -0.3 is 15.5 Å². The zero-order valence-corrected chi connectivity index (χ0v) is 17.6. The summed E-state index contributed by atoms with van der Waals surface area (Å²) in [7, 11) is 0. The Morgan fingerprint density at radius 2 is 1.97 bits per heavy atom. The van der Waals surface area contributed by atoms with E-state index in [-0.39, 0.29) is 17.9 Å². The van der Waals surface area contributed by atoms with E-state index in [0.29, 0.717) is 28.3 Å². The highest BCUT2D eigenvalue weighted by Gasteiger charge is 2.29. The van der Waals surface area contributed by atoms with E-state index < -0.39 is 0 Å². The van der Waals surface area contributed by atoms with Crippen LogP contribution < -0.4 is 10.6 Å². The molecular weight excluding hydrogens is 410 g/mol. The van der Waals surface area contributed by atoms with Crippen LogP contribution in [-0.2, 0) is 0 Å². The Kier molecular flexibility index (Phi) is 6.30. The third-order valence-corrected chi connectivity index (χ3v) is 6.78. The summed E-state index contributed by atoms with van der Waals surface area (Å²) in [6.07, 6.45) is 6.40. The number of anilines is 1. The average Bonchev–Trinajstić information content (AvgIpc) is 3.40. The molecule has 0 spiro atoms. The number of nitrogens with one attached hydrogen (secondary N) is 2. The SMILES string of the molecule is O=C(Nc1cccc(Cl)c1)c1nnc([C@@H]2CCCN(C(=O)NC3CCCC3)C2)s1. The van der Waals surface area contributed by atoms with Gasteiger partial charge in [-0.25, -0.2) is 4.79 Å². The maximum Gasteiger partial charge on any atom is 0.317 e. The minimum atomic E-state index is -0.303. The number of hydrogen-bond acceptors (Lipinski definition) is 5. The van der Waals surface area contributed by atoms with Crippen molar-refractivity contribution in [3.63, 3.8) is 0 Å². The lowest BCUT2D eigenvalue weighted by Gasteiger charge is -2.32. The fraction of sp³-hybridized carbons (Fsp3) is 0.500. The van der Waals surface area contributed by atoms with Gasteiger partial charge in [-0.1, -0.05) is 41.8 Å². The summed E-state index contributed by atoms with van der Waals surface area (Å²) in [5, 5.41) is 15.9. The summed E-state index contributed by atoms with van der Waals surface area (Å²) in [6.45, 7) is 1.37. The fourth-order valence-corrected chi connectivity index (χ4v) is 5.00. The molecule has 2 aromatic rings. The fourth-order valence-electron chi connectivity index (χ4n) is 3.94. The van der Waals surface area contributed by atoms with Gasteiger partial charge in [-0.05, 0) is 43.9 Å². The maximum absolute atomic E-state index is 12.6. The van der Waals surface area contributed by atoms with Gasteiger partial charge in [-0.15, -0.1) is 10.2 Å². The molecule has 1 aliphatic heterocycles. The van der Waals surface area contributed by atoms with Crippen LogP contribution in [0.5, 0.6) is 0 Å². The molecule has 1 aliphatic carbocycles. The Hall–Kier alpha value is -2.19. The third kappa shape index (κ3) is 5.05. The smallest absolute Gasteiger partial charge is 0.317 e. The largest absolute Gasteiger partial charge is 0.335 e. The molecule has 3 amide bonds. The molecule has 1 aromatic heterocycles. The minimum absolute atomic E-state index is 0.0186. The molecule has 1 saturated heterocycles. The van der Waals surface area contributed by atoms with E-state index in [0.717, 1.165) is 37.2 Å². The lowest BCUT2D eigenvalue weighted by atomic mass is 9.99. The van der Waals surface area contributed by atoms with Gasteiger partial charge in [0, 0.05) is 35.8 Å².